The number of thiazole rings is 1. The number of nitrogens with one attached hydrogen (secondary N) is 3. The second-order valence-electron chi connectivity index (χ2n) is 25.1. The lowest BCUT2D eigenvalue weighted by atomic mass is 9.76. The second kappa shape index (κ2) is 30.3. The highest BCUT2D eigenvalue weighted by molar-refractivity contribution is 7.13. The number of aromatic amines is 1. The number of unbranched alkanes of at least 4 members (excludes halogenated alkanes) is 8. The second-order valence-corrected chi connectivity index (χ2v) is 25.9. The number of fused-ring (bicyclic) bond motifs is 1. The standard InChI is InChI=1S/C68H86F2N8O7S/c1-45-64(86-44-71-45)49-20-16-46(17-21-49)19-25-63(82)62-41-56(81)43-78(62)67(84)59(68(2,3)4)40-54(79)14-12-10-8-6-5-7-9-11-13-15-55(80)42-76-28-30-77(31-29-76)53-22-23-57(61(39-53)72-52-26-32-85-33-27-52)66(83)73-65-58-37-47(18-24-60(58)74-75-65)34-48-35-50(69)38-51(70)36-48/h16-18,20-24,35-39,44,52,56,59,62,72,81H,5-15,19,25-34,40-43H2,1-4H3,(H2,73,74,75,83)/t56-,59-,62+/m1/s1. The summed E-state index contributed by atoms with van der Waals surface area (Å²) in [6, 6.07) is 22.5. The lowest BCUT2D eigenvalue weighted by Crippen LogP contribution is -2.48. The SMILES string of the molecule is Cc1ncsc1-c1ccc(CCC(=O)[C@@H]2C[C@@H](O)CN2C(=O)[C@@H](CC(=O)CCCCCCCCCCCC(=O)CN2CCN(c3ccc(C(=O)Nc4n[nH]c5ccc(Cc6cc(F)cc(F)c6)cc45)c(NC4CCOCC4)c3)CC2)C(C)(C)C)cc1. The Hall–Kier alpha value is -6.73. The molecule has 0 unspecified atom stereocenters. The van der Waals surface area contributed by atoms with E-state index < -0.39 is 35.1 Å². The van der Waals surface area contributed by atoms with E-state index in [0.717, 1.165) is 142 Å². The van der Waals surface area contributed by atoms with Gasteiger partial charge in [0.25, 0.3) is 5.91 Å². The molecule has 86 heavy (non-hydrogen) atoms. The third-order valence-electron chi connectivity index (χ3n) is 17.4. The first-order chi connectivity index (χ1) is 41.4. The molecule has 460 valence electrons. The minimum Gasteiger partial charge on any atom is -0.391 e. The number of carbonyl (C=O) groups is 5. The highest BCUT2D eigenvalue weighted by atomic mass is 32.1. The molecule has 5 heterocycles. The van der Waals surface area contributed by atoms with Crippen molar-refractivity contribution in [3.05, 3.63) is 124 Å². The van der Waals surface area contributed by atoms with Crippen molar-refractivity contribution < 1.29 is 42.6 Å². The van der Waals surface area contributed by atoms with E-state index in [0.29, 0.717) is 73.3 Å². The number of hydrogen-bond acceptors (Lipinski definition) is 13. The maximum Gasteiger partial charge on any atom is 0.258 e. The number of hydrogen-bond donors (Lipinski definition) is 4. The van der Waals surface area contributed by atoms with Crippen molar-refractivity contribution in [3.8, 4) is 10.4 Å². The van der Waals surface area contributed by atoms with Gasteiger partial charge in [-0.25, -0.2) is 13.8 Å². The van der Waals surface area contributed by atoms with Crippen molar-refractivity contribution in [2.45, 2.75) is 161 Å². The van der Waals surface area contributed by atoms with Gasteiger partial charge >= 0.3 is 0 Å². The van der Waals surface area contributed by atoms with E-state index >= 15 is 0 Å². The quantitative estimate of drug-likeness (QED) is 0.0326. The van der Waals surface area contributed by atoms with Crippen LogP contribution in [-0.4, -0.2) is 130 Å². The van der Waals surface area contributed by atoms with Crippen molar-refractivity contribution >= 4 is 68.6 Å². The van der Waals surface area contributed by atoms with Gasteiger partial charge in [-0.2, -0.15) is 5.10 Å². The van der Waals surface area contributed by atoms with Crippen molar-refractivity contribution in [1.29, 1.82) is 0 Å². The Morgan fingerprint density at radius 1 is 0.779 bits per heavy atom. The van der Waals surface area contributed by atoms with Gasteiger partial charge in [-0.05, 0) is 116 Å². The summed E-state index contributed by atoms with van der Waals surface area (Å²) in [6.07, 6.45) is 12.4. The number of piperazine rings is 1. The highest BCUT2D eigenvalue weighted by Gasteiger charge is 2.44. The minimum atomic E-state index is -0.775. The summed E-state index contributed by atoms with van der Waals surface area (Å²) in [5, 5.41) is 25.4. The van der Waals surface area contributed by atoms with Crippen LogP contribution in [-0.2, 0) is 36.8 Å². The summed E-state index contributed by atoms with van der Waals surface area (Å²) in [6.45, 7) is 12.7. The van der Waals surface area contributed by atoms with Gasteiger partial charge < -0.3 is 30.3 Å². The topological polar surface area (TPSA) is 190 Å². The average molecular weight is 1200 g/mol. The number of amides is 2. The third-order valence-corrected chi connectivity index (χ3v) is 18.4. The van der Waals surface area contributed by atoms with E-state index in [2.05, 4.69) is 47.7 Å². The normalized spacial score (nSPS) is 17.3. The minimum absolute atomic E-state index is 0.0601. The van der Waals surface area contributed by atoms with E-state index in [1.54, 1.807) is 16.2 Å². The number of H-pyrrole nitrogens is 1. The Bertz CT molecular complexity index is 3250. The van der Waals surface area contributed by atoms with Crippen LogP contribution in [0.1, 0.15) is 156 Å². The van der Waals surface area contributed by atoms with E-state index in [9.17, 15) is 37.9 Å². The molecule has 0 bridgehead atoms. The van der Waals surface area contributed by atoms with Crippen LogP contribution < -0.4 is 15.5 Å². The molecule has 3 aliphatic heterocycles. The maximum atomic E-state index is 14.2. The first-order valence-electron chi connectivity index (χ1n) is 31.2. The number of aliphatic hydroxyl groups excluding tert-OH is 1. The van der Waals surface area contributed by atoms with Crippen LogP contribution in [0.15, 0.2) is 84.4 Å². The Balaban J connectivity index is 0.644. The molecule has 3 atom stereocenters. The number of aliphatic hydroxyl groups is 1. The lowest BCUT2D eigenvalue weighted by Gasteiger charge is -2.36. The zero-order valence-corrected chi connectivity index (χ0v) is 51.4. The van der Waals surface area contributed by atoms with Crippen LogP contribution in [0.2, 0.25) is 0 Å². The Labute approximate surface area is 509 Å². The zero-order valence-electron chi connectivity index (χ0n) is 50.6. The number of Topliss-reactive ketones (excluding diaryl/α,β-unsaturated/α-hetero) is 3. The van der Waals surface area contributed by atoms with Gasteiger partial charge in [-0.1, -0.05) is 96.0 Å². The van der Waals surface area contributed by atoms with Crippen LogP contribution in [0.5, 0.6) is 0 Å². The molecule has 4 N–H and O–H groups in total. The van der Waals surface area contributed by atoms with Crippen LogP contribution in [0.25, 0.3) is 21.3 Å². The molecular formula is C68H86F2N8O7S. The number of rotatable bonds is 29. The number of aromatic nitrogens is 3. The summed E-state index contributed by atoms with van der Waals surface area (Å²) in [5.41, 5.74) is 8.68. The van der Waals surface area contributed by atoms with Gasteiger partial charge in [0.2, 0.25) is 5.91 Å². The van der Waals surface area contributed by atoms with Crippen molar-refractivity contribution in [3.63, 3.8) is 0 Å². The van der Waals surface area contributed by atoms with Crippen molar-refractivity contribution in [2.24, 2.45) is 11.3 Å². The number of aryl methyl sites for hydroxylation is 2. The van der Waals surface area contributed by atoms with E-state index in [4.69, 9.17) is 4.74 Å². The Morgan fingerprint density at radius 2 is 1.44 bits per heavy atom. The summed E-state index contributed by atoms with van der Waals surface area (Å²) in [5.74, 6) is -1.76. The number of nitrogens with zero attached hydrogens (tertiary/aromatic N) is 5. The molecule has 15 nitrogen and oxygen atoms in total. The van der Waals surface area contributed by atoms with E-state index in [1.165, 1.54) is 12.1 Å². The summed E-state index contributed by atoms with van der Waals surface area (Å²) in [7, 11) is 0. The molecule has 0 radical (unpaired) electrons. The summed E-state index contributed by atoms with van der Waals surface area (Å²) in [4.78, 5) is 80.0. The number of likely N-dealkylation sites (tertiary alicyclic amines) is 1. The van der Waals surface area contributed by atoms with Crippen molar-refractivity contribution in [2.75, 3.05) is 68.0 Å². The number of anilines is 3. The molecule has 18 heteroatoms. The van der Waals surface area contributed by atoms with Crippen molar-refractivity contribution in [1.82, 2.24) is 25.0 Å². The van der Waals surface area contributed by atoms with Gasteiger partial charge in [-0.15, -0.1) is 11.3 Å². The summed E-state index contributed by atoms with van der Waals surface area (Å²) < 4.78 is 33.5. The molecular weight excluding hydrogens is 1110 g/mol. The number of ether oxygens (including phenoxy) is 1. The van der Waals surface area contributed by atoms with Crippen LogP contribution >= 0.6 is 11.3 Å². The summed E-state index contributed by atoms with van der Waals surface area (Å²) >= 11 is 1.60. The molecule has 6 aromatic rings. The van der Waals surface area contributed by atoms with Gasteiger partial charge in [0.1, 0.15) is 23.2 Å². The molecule has 3 fully saturated rings. The molecule has 3 saturated heterocycles. The largest absolute Gasteiger partial charge is 0.391 e. The fraction of sp³-hybridized carbons (Fsp3) is 0.515. The van der Waals surface area contributed by atoms with E-state index in [1.807, 2.05) is 81.7 Å². The molecule has 0 aliphatic carbocycles. The first kappa shape index (κ1) is 63.8. The maximum absolute atomic E-state index is 14.2. The van der Waals surface area contributed by atoms with Gasteiger partial charge in [0, 0.05) is 113 Å². The van der Waals surface area contributed by atoms with Gasteiger partial charge in [0.15, 0.2) is 11.6 Å². The molecule has 2 aromatic heterocycles. The molecule has 0 saturated carbocycles. The predicted molar refractivity (Wildman–Crippen MR) is 336 cm³/mol. The van der Waals surface area contributed by atoms with Crippen LogP contribution in [0.3, 0.4) is 0 Å². The number of carbonyl (C=O) groups excluding carboxylic acids is 5. The van der Waals surface area contributed by atoms with Crippen LogP contribution in [0.4, 0.5) is 26.0 Å². The number of benzene rings is 4. The monoisotopic (exact) mass is 1200 g/mol. The molecule has 0 spiro atoms. The average Bonchev–Trinajstić information content (AvgIpc) is 2.81. The number of halogens is 2. The van der Waals surface area contributed by atoms with E-state index in [-0.39, 0.29) is 61.0 Å². The first-order valence-corrected chi connectivity index (χ1v) is 32.0. The third kappa shape index (κ3) is 17.7. The fourth-order valence-electron chi connectivity index (χ4n) is 12.4. The van der Waals surface area contributed by atoms with Crippen LogP contribution in [0, 0.1) is 29.9 Å². The lowest BCUT2D eigenvalue weighted by molar-refractivity contribution is -0.145. The number of β-amino-alcohol motifs (C(OH)–C–C–N with tert-alkyl or cyclic N) is 1. The van der Waals surface area contributed by atoms with Gasteiger partial charge in [-0.3, -0.25) is 34.0 Å². The Morgan fingerprint density at radius 3 is 2.10 bits per heavy atom. The Kier molecular flexibility index (Phi) is 22.4. The molecule has 2 amide bonds. The predicted octanol–water partition coefficient (Wildman–Crippen LogP) is 12.5. The highest BCUT2D eigenvalue weighted by Crippen LogP contribution is 2.36. The molecule has 4 aromatic carbocycles. The van der Waals surface area contributed by atoms with Gasteiger partial charge in [0.05, 0.1) is 45.9 Å². The smallest absolute Gasteiger partial charge is 0.258 e. The number of ketones is 3. The fourth-order valence-corrected chi connectivity index (χ4v) is 13.2. The molecule has 3 aliphatic rings. The molecule has 9 rings (SSSR count). The zero-order chi connectivity index (χ0) is 60.7.